The van der Waals surface area contributed by atoms with Crippen molar-refractivity contribution in [1.29, 1.82) is 0 Å². The van der Waals surface area contributed by atoms with Crippen LogP contribution >= 0.6 is 0 Å². The maximum absolute atomic E-state index is 12.3. The second kappa shape index (κ2) is 5.59. The fourth-order valence-electron chi connectivity index (χ4n) is 2.74. The van der Waals surface area contributed by atoms with E-state index >= 15 is 0 Å². The van der Waals surface area contributed by atoms with Gasteiger partial charge in [0.05, 0.1) is 12.8 Å². The van der Waals surface area contributed by atoms with Crippen molar-refractivity contribution in [2.45, 2.75) is 26.4 Å². The minimum atomic E-state index is -1.25. The molecule has 1 atom stereocenters. The molecule has 1 aromatic carbocycles. The first-order valence-corrected chi connectivity index (χ1v) is 7.51. The van der Waals surface area contributed by atoms with Crippen LogP contribution in [0.4, 0.5) is 0 Å². The molecule has 0 spiro atoms. The summed E-state index contributed by atoms with van der Waals surface area (Å²) in [6.45, 7) is 5.71. The standard InChI is InChI=1S/C18H20N2O3/c1-11-7-12(2)13-9-15(20-14(13)8-11)17(21)19-10-18(3,22)16-5-4-6-23-16/h4-9,20,22H,10H2,1-3H3,(H,19,21). The molecule has 0 bridgehead atoms. The number of rotatable bonds is 4. The van der Waals surface area contributed by atoms with E-state index in [4.69, 9.17) is 4.42 Å². The summed E-state index contributed by atoms with van der Waals surface area (Å²) in [6, 6.07) is 9.31. The van der Waals surface area contributed by atoms with Crippen LogP contribution in [-0.2, 0) is 5.60 Å². The normalized spacial score (nSPS) is 13.9. The van der Waals surface area contributed by atoms with Crippen molar-refractivity contribution in [3.05, 3.63) is 59.2 Å². The smallest absolute Gasteiger partial charge is 0.267 e. The first-order chi connectivity index (χ1) is 10.9. The lowest BCUT2D eigenvalue weighted by atomic mass is 10.0. The molecule has 3 aromatic rings. The monoisotopic (exact) mass is 312 g/mol. The summed E-state index contributed by atoms with van der Waals surface area (Å²) in [5.74, 6) is 0.158. The van der Waals surface area contributed by atoms with Gasteiger partial charge < -0.3 is 19.8 Å². The van der Waals surface area contributed by atoms with Crippen molar-refractivity contribution >= 4 is 16.8 Å². The maximum Gasteiger partial charge on any atom is 0.267 e. The highest BCUT2D eigenvalue weighted by Gasteiger charge is 2.27. The first kappa shape index (κ1) is 15.4. The molecule has 5 heteroatoms. The Kier molecular flexibility index (Phi) is 3.74. The Morgan fingerprint density at radius 3 is 2.83 bits per heavy atom. The van der Waals surface area contributed by atoms with Gasteiger partial charge in [0.25, 0.3) is 5.91 Å². The Balaban J connectivity index is 1.77. The summed E-state index contributed by atoms with van der Waals surface area (Å²) < 4.78 is 5.20. The predicted octanol–water partition coefficient (Wildman–Crippen LogP) is 3.02. The van der Waals surface area contributed by atoms with Crippen LogP contribution in [0, 0.1) is 13.8 Å². The molecule has 0 saturated carbocycles. The van der Waals surface area contributed by atoms with E-state index in [0.717, 1.165) is 22.0 Å². The van der Waals surface area contributed by atoms with Crippen molar-refractivity contribution in [1.82, 2.24) is 10.3 Å². The number of carbonyl (C=O) groups is 1. The van der Waals surface area contributed by atoms with Crippen molar-refractivity contribution in [3.63, 3.8) is 0 Å². The molecule has 0 aliphatic carbocycles. The fourth-order valence-corrected chi connectivity index (χ4v) is 2.74. The van der Waals surface area contributed by atoms with E-state index in [9.17, 15) is 9.90 Å². The zero-order valence-electron chi connectivity index (χ0n) is 13.4. The number of hydrogen-bond acceptors (Lipinski definition) is 3. The molecule has 120 valence electrons. The van der Waals surface area contributed by atoms with Crippen LogP contribution < -0.4 is 5.32 Å². The third-order valence-corrected chi connectivity index (χ3v) is 3.98. The molecule has 1 unspecified atom stereocenters. The number of aromatic amines is 1. The average molecular weight is 312 g/mol. The number of H-pyrrole nitrogens is 1. The van der Waals surface area contributed by atoms with Gasteiger partial charge in [0.2, 0.25) is 0 Å². The number of amides is 1. The number of aliphatic hydroxyl groups is 1. The van der Waals surface area contributed by atoms with E-state index in [0.29, 0.717) is 11.5 Å². The van der Waals surface area contributed by atoms with Gasteiger partial charge in [-0.1, -0.05) is 6.07 Å². The SMILES string of the molecule is Cc1cc(C)c2cc(C(=O)NCC(C)(O)c3ccco3)[nH]c2c1. The van der Waals surface area contributed by atoms with Gasteiger partial charge in [0, 0.05) is 10.9 Å². The number of furan rings is 1. The molecule has 0 aliphatic rings. The highest BCUT2D eigenvalue weighted by Crippen LogP contribution is 2.22. The topological polar surface area (TPSA) is 78.3 Å². The summed E-state index contributed by atoms with van der Waals surface area (Å²) in [4.78, 5) is 15.5. The largest absolute Gasteiger partial charge is 0.466 e. The number of nitrogens with one attached hydrogen (secondary N) is 2. The van der Waals surface area contributed by atoms with Gasteiger partial charge in [0.15, 0.2) is 0 Å². The lowest BCUT2D eigenvalue weighted by Gasteiger charge is -2.20. The molecule has 2 heterocycles. The molecular weight excluding hydrogens is 292 g/mol. The molecule has 5 nitrogen and oxygen atoms in total. The number of hydrogen-bond donors (Lipinski definition) is 3. The van der Waals surface area contributed by atoms with Crippen LogP contribution in [0.1, 0.15) is 34.3 Å². The quantitative estimate of drug-likeness (QED) is 0.693. The predicted molar refractivity (Wildman–Crippen MR) is 88.4 cm³/mol. The molecule has 0 aliphatic heterocycles. The Bertz CT molecular complexity index is 845. The second-order valence-electron chi connectivity index (χ2n) is 6.16. The number of aromatic nitrogens is 1. The third-order valence-electron chi connectivity index (χ3n) is 3.98. The molecule has 0 saturated heterocycles. The van der Waals surface area contributed by atoms with Crippen molar-refractivity contribution < 1.29 is 14.3 Å². The van der Waals surface area contributed by atoms with Crippen LogP contribution in [0.15, 0.2) is 41.0 Å². The Morgan fingerprint density at radius 1 is 1.35 bits per heavy atom. The molecular formula is C18H20N2O3. The van der Waals surface area contributed by atoms with Crippen LogP contribution in [0.5, 0.6) is 0 Å². The Labute approximate surface area is 134 Å². The molecule has 3 rings (SSSR count). The zero-order chi connectivity index (χ0) is 16.6. The number of carbonyl (C=O) groups excluding carboxylic acids is 1. The van der Waals surface area contributed by atoms with Gasteiger partial charge in [-0.3, -0.25) is 4.79 Å². The first-order valence-electron chi connectivity index (χ1n) is 7.51. The summed E-state index contributed by atoms with van der Waals surface area (Å²) >= 11 is 0. The summed E-state index contributed by atoms with van der Waals surface area (Å²) in [5.41, 5.74) is 2.43. The lowest BCUT2D eigenvalue weighted by molar-refractivity contribution is 0.0329. The summed E-state index contributed by atoms with van der Waals surface area (Å²) in [6.07, 6.45) is 1.49. The van der Waals surface area contributed by atoms with E-state index in [-0.39, 0.29) is 12.5 Å². The fraction of sp³-hybridized carbons (Fsp3) is 0.278. The van der Waals surface area contributed by atoms with Gasteiger partial charge in [-0.05, 0) is 56.2 Å². The van der Waals surface area contributed by atoms with Crippen molar-refractivity contribution in [2.24, 2.45) is 0 Å². The molecule has 2 aromatic heterocycles. The van der Waals surface area contributed by atoms with Gasteiger partial charge in [-0.25, -0.2) is 0 Å². The van der Waals surface area contributed by atoms with Crippen LogP contribution in [0.2, 0.25) is 0 Å². The third kappa shape index (κ3) is 3.00. The highest BCUT2D eigenvalue weighted by atomic mass is 16.4. The van der Waals surface area contributed by atoms with E-state index in [1.165, 1.54) is 6.26 Å². The van der Waals surface area contributed by atoms with Crippen molar-refractivity contribution in [2.75, 3.05) is 6.54 Å². The maximum atomic E-state index is 12.3. The Hall–Kier alpha value is -2.53. The minimum absolute atomic E-state index is 0.0622. The number of benzene rings is 1. The molecule has 1 amide bonds. The van der Waals surface area contributed by atoms with E-state index in [1.807, 2.05) is 26.0 Å². The molecule has 0 fully saturated rings. The van der Waals surface area contributed by atoms with Crippen molar-refractivity contribution in [3.8, 4) is 0 Å². The van der Waals surface area contributed by atoms with Gasteiger partial charge in [0.1, 0.15) is 17.1 Å². The van der Waals surface area contributed by atoms with Crippen LogP contribution in [0.3, 0.4) is 0 Å². The number of aryl methyl sites for hydroxylation is 2. The molecule has 3 N–H and O–H groups in total. The summed E-state index contributed by atoms with van der Waals surface area (Å²) in [5, 5.41) is 14.1. The lowest BCUT2D eigenvalue weighted by Crippen LogP contribution is -2.38. The van der Waals surface area contributed by atoms with Gasteiger partial charge >= 0.3 is 0 Å². The van der Waals surface area contributed by atoms with Gasteiger partial charge in [-0.2, -0.15) is 0 Å². The van der Waals surface area contributed by atoms with Crippen LogP contribution in [-0.4, -0.2) is 22.5 Å². The average Bonchev–Trinajstić information content (AvgIpc) is 3.14. The van der Waals surface area contributed by atoms with Gasteiger partial charge in [-0.15, -0.1) is 0 Å². The van der Waals surface area contributed by atoms with E-state index in [2.05, 4.69) is 16.4 Å². The molecule has 0 radical (unpaired) electrons. The number of fused-ring (bicyclic) bond motifs is 1. The Morgan fingerprint density at radius 2 is 2.13 bits per heavy atom. The highest BCUT2D eigenvalue weighted by molar-refractivity contribution is 5.99. The zero-order valence-corrected chi connectivity index (χ0v) is 13.4. The van der Waals surface area contributed by atoms with Crippen LogP contribution in [0.25, 0.3) is 10.9 Å². The minimum Gasteiger partial charge on any atom is -0.466 e. The second-order valence-corrected chi connectivity index (χ2v) is 6.16. The summed E-state index contributed by atoms with van der Waals surface area (Å²) in [7, 11) is 0. The van der Waals surface area contributed by atoms with E-state index in [1.54, 1.807) is 19.1 Å². The van der Waals surface area contributed by atoms with E-state index < -0.39 is 5.60 Å². The molecule has 23 heavy (non-hydrogen) atoms.